The maximum Gasteiger partial charge on any atom is 0.419 e. The number of aromatic nitrogens is 4. The van der Waals surface area contributed by atoms with E-state index in [0.717, 1.165) is 36.8 Å². The Morgan fingerprint density at radius 1 is 1.00 bits per heavy atom. The first kappa shape index (κ1) is 38.9. The molecule has 3 amide bonds. The molecule has 3 N–H and O–H groups in total. The Hall–Kier alpha value is -5.32. The van der Waals surface area contributed by atoms with Crippen LogP contribution in [0.2, 0.25) is 0 Å². The molecule has 3 aliphatic rings. The van der Waals surface area contributed by atoms with Crippen LogP contribution < -0.4 is 20.9 Å². The number of aryl methyl sites for hydroxylation is 1. The largest absolute Gasteiger partial charge is 0.419 e. The summed E-state index contributed by atoms with van der Waals surface area (Å²) < 4.78 is 69.1. The van der Waals surface area contributed by atoms with Gasteiger partial charge in [-0.3, -0.25) is 19.7 Å². The van der Waals surface area contributed by atoms with Crippen LogP contribution in [0.4, 0.5) is 35.4 Å². The van der Waals surface area contributed by atoms with Crippen LogP contribution in [0.15, 0.2) is 53.7 Å². The zero-order valence-corrected chi connectivity index (χ0v) is 31.7. The molecule has 3 fully saturated rings. The highest BCUT2D eigenvalue weighted by Crippen LogP contribution is 2.34. The molecule has 0 aliphatic carbocycles. The standard InChI is InChI=1S/C37H42F3N11O4S/c1-23(22-49-12-7-24(8-13-49)25-4-6-30-32(17-25)48(2)47-34(30)51-16-11-33(52)46-36(51)53)44-31-18-29(5-3-26(31)19-41)56(54,55)50-14-9-28(10-15-50)45-35-42-20-27(21-43-35)37(38,39)40/h3-6,17-18,20-21,23-24,28,44H,7-16,22H2,1-2H3,(H,42,43,45)(H,46,52,53)/t23-/m0/s1. The van der Waals surface area contributed by atoms with Gasteiger partial charge in [-0.2, -0.15) is 27.8 Å². The maximum atomic E-state index is 13.7. The lowest BCUT2D eigenvalue weighted by molar-refractivity contribution is -0.138. The molecule has 15 nitrogen and oxygen atoms in total. The van der Waals surface area contributed by atoms with Gasteiger partial charge in [-0.15, -0.1) is 0 Å². The Balaban J connectivity index is 0.928. The van der Waals surface area contributed by atoms with E-state index in [1.165, 1.54) is 33.0 Å². The van der Waals surface area contributed by atoms with Crippen LogP contribution in [0.25, 0.3) is 10.9 Å². The van der Waals surface area contributed by atoms with Gasteiger partial charge in [0.1, 0.15) is 6.07 Å². The average Bonchev–Trinajstić information content (AvgIpc) is 3.50. The van der Waals surface area contributed by atoms with Crippen molar-refractivity contribution >= 4 is 50.3 Å². The van der Waals surface area contributed by atoms with Crippen LogP contribution in [0.3, 0.4) is 0 Å². The second-order valence-corrected chi connectivity index (χ2v) is 16.5. The van der Waals surface area contributed by atoms with Crippen molar-refractivity contribution in [3.05, 3.63) is 65.5 Å². The molecule has 0 unspecified atom stereocenters. The zero-order chi connectivity index (χ0) is 39.8. The number of nitrogens with zero attached hydrogens (tertiary/aromatic N) is 8. The number of benzene rings is 2. The number of anilines is 3. The minimum absolute atomic E-state index is 0.0466. The van der Waals surface area contributed by atoms with E-state index in [2.05, 4.69) is 54.1 Å². The number of urea groups is 1. The first-order chi connectivity index (χ1) is 26.7. The minimum Gasteiger partial charge on any atom is -0.380 e. The first-order valence-electron chi connectivity index (χ1n) is 18.5. The van der Waals surface area contributed by atoms with Gasteiger partial charge in [0.25, 0.3) is 0 Å². The van der Waals surface area contributed by atoms with Gasteiger partial charge in [-0.1, -0.05) is 6.07 Å². The fourth-order valence-electron chi connectivity index (χ4n) is 7.64. The smallest absolute Gasteiger partial charge is 0.380 e. The SMILES string of the molecule is C[C@@H](CN1CCC(c2ccc3c(N4CCC(=O)NC4=O)nn(C)c3c2)CC1)Nc1cc(S(=O)(=O)N2CCC(Nc3ncc(C(F)(F)F)cn3)CC2)ccc1C#N. The number of sulfonamides is 1. The highest BCUT2D eigenvalue weighted by molar-refractivity contribution is 7.89. The van der Waals surface area contributed by atoms with Gasteiger partial charge in [0.05, 0.1) is 27.2 Å². The van der Waals surface area contributed by atoms with E-state index in [-0.39, 0.29) is 54.9 Å². The second-order valence-electron chi connectivity index (χ2n) is 14.5. The van der Waals surface area contributed by atoms with Crippen LogP contribution in [0, 0.1) is 11.3 Å². The first-order valence-corrected chi connectivity index (χ1v) is 19.9. The Morgan fingerprint density at radius 2 is 1.71 bits per heavy atom. The number of piperidine rings is 2. The van der Waals surface area contributed by atoms with Crippen LogP contribution in [0.5, 0.6) is 0 Å². The number of hydrogen-bond donors (Lipinski definition) is 3. The minimum atomic E-state index is -4.54. The summed E-state index contributed by atoms with van der Waals surface area (Å²) >= 11 is 0. The number of nitriles is 1. The van der Waals surface area contributed by atoms with Crippen molar-refractivity contribution in [2.75, 3.05) is 54.8 Å². The van der Waals surface area contributed by atoms with Gasteiger partial charge in [-0.25, -0.2) is 23.2 Å². The molecule has 2 aromatic heterocycles. The molecule has 4 aromatic rings. The number of rotatable bonds is 10. The van der Waals surface area contributed by atoms with Crippen molar-refractivity contribution in [3.63, 3.8) is 0 Å². The quantitative estimate of drug-likeness (QED) is 0.204. The third-order valence-electron chi connectivity index (χ3n) is 10.7. The van der Waals surface area contributed by atoms with E-state index in [9.17, 15) is 36.4 Å². The Bertz CT molecular complexity index is 2260. The fourth-order valence-corrected chi connectivity index (χ4v) is 9.14. The Kier molecular flexibility index (Phi) is 10.9. The van der Waals surface area contributed by atoms with Gasteiger partial charge < -0.3 is 15.5 Å². The van der Waals surface area contributed by atoms with Crippen LogP contribution >= 0.6 is 0 Å². The van der Waals surface area contributed by atoms with Gasteiger partial charge in [-0.05, 0) is 87.5 Å². The molecule has 2 aromatic carbocycles. The molecule has 0 radical (unpaired) electrons. The molecule has 0 bridgehead atoms. The number of fused-ring (bicyclic) bond motifs is 1. The number of hydrogen-bond acceptors (Lipinski definition) is 11. The van der Waals surface area contributed by atoms with E-state index < -0.39 is 27.8 Å². The van der Waals surface area contributed by atoms with Crippen molar-refractivity contribution < 1.29 is 31.2 Å². The highest BCUT2D eigenvalue weighted by atomic mass is 32.2. The summed E-state index contributed by atoms with van der Waals surface area (Å²) in [5.74, 6) is 0.617. The summed E-state index contributed by atoms with van der Waals surface area (Å²) in [4.78, 5) is 35.6. The van der Waals surface area contributed by atoms with Crippen LogP contribution in [-0.4, -0.2) is 101 Å². The van der Waals surface area contributed by atoms with Gasteiger partial charge >= 0.3 is 12.2 Å². The summed E-state index contributed by atoms with van der Waals surface area (Å²) in [7, 11) is -2.05. The van der Waals surface area contributed by atoms with Gasteiger partial charge in [0.15, 0.2) is 5.82 Å². The van der Waals surface area contributed by atoms with E-state index in [1.807, 2.05) is 20.0 Å². The molecule has 56 heavy (non-hydrogen) atoms. The molecule has 3 saturated heterocycles. The van der Waals surface area contributed by atoms with Crippen molar-refractivity contribution in [1.29, 1.82) is 5.26 Å². The molecule has 1 atom stereocenters. The fraction of sp³-hybridized carbons (Fsp3) is 0.459. The highest BCUT2D eigenvalue weighted by Gasteiger charge is 2.33. The molecule has 5 heterocycles. The molecule has 7 rings (SSSR count). The molecule has 3 aliphatic heterocycles. The van der Waals surface area contributed by atoms with Crippen molar-refractivity contribution in [1.82, 2.24) is 34.3 Å². The number of likely N-dealkylation sites (tertiary alicyclic amines) is 1. The number of imide groups is 1. The molecular formula is C37H42F3N11O4S. The monoisotopic (exact) mass is 793 g/mol. The normalized spacial score (nSPS) is 18.8. The maximum absolute atomic E-state index is 13.7. The lowest BCUT2D eigenvalue weighted by atomic mass is 9.89. The zero-order valence-electron chi connectivity index (χ0n) is 30.9. The second kappa shape index (κ2) is 15.7. The summed E-state index contributed by atoms with van der Waals surface area (Å²) in [6, 6.07) is 12.0. The Morgan fingerprint density at radius 3 is 2.38 bits per heavy atom. The predicted molar refractivity (Wildman–Crippen MR) is 201 cm³/mol. The molecule has 0 saturated carbocycles. The third kappa shape index (κ3) is 8.27. The number of carbonyl (C=O) groups excluding carboxylic acids is 2. The lowest BCUT2D eigenvalue weighted by Crippen LogP contribution is -2.49. The summed E-state index contributed by atoms with van der Waals surface area (Å²) in [6.45, 7) is 5.04. The summed E-state index contributed by atoms with van der Waals surface area (Å²) in [5.41, 5.74) is 1.92. The van der Waals surface area contributed by atoms with Crippen molar-refractivity contribution in [2.45, 2.75) is 68.1 Å². The van der Waals surface area contributed by atoms with Crippen LogP contribution in [0.1, 0.15) is 61.6 Å². The number of amides is 3. The number of nitrogens with one attached hydrogen (secondary N) is 3. The van der Waals surface area contributed by atoms with Crippen LogP contribution in [-0.2, 0) is 28.0 Å². The molecule has 19 heteroatoms. The van der Waals surface area contributed by atoms with Crippen molar-refractivity contribution in [3.8, 4) is 6.07 Å². The average molecular weight is 794 g/mol. The lowest BCUT2D eigenvalue weighted by Gasteiger charge is -2.34. The molecular weight excluding hydrogens is 752 g/mol. The number of carbonyl (C=O) groups is 2. The third-order valence-corrected chi connectivity index (χ3v) is 12.6. The van der Waals surface area contributed by atoms with E-state index in [1.54, 1.807) is 4.68 Å². The van der Waals surface area contributed by atoms with E-state index in [0.29, 0.717) is 54.8 Å². The van der Waals surface area contributed by atoms with Gasteiger partial charge in [0.2, 0.25) is 21.9 Å². The van der Waals surface area contributed by atoms with E-state index >= 15 is 0 Å². The van der Waals surface area contributed by atoms with Crippen molar-refractivity contribution in [2.24, 2.45) is 7.05 Å². The predicted octanol–water partition coefficient (Wildman–Crippen LogP) is 4.65. The number of alkyl halides is 3. The summed E-state index contributed by atoms with van der Waals surface area (Å²) in [6.07, 6.45) is -0.225. The Labute approximate surface area is 321 Å². The summed E-state index contributed by atoms with van der Waals surface area (Å²) in [5, 5.41) is 24.0. The number of halogens is 3. The molecule has 296 valence electrons. The molecule has 0 spiro atoms. The van der Waals surface area contributed by atoms with Gasteiger partial charge in [0, 0.05) is 69.5 Å². The van der Waals surface area contributed by atoms with E-state index in [4.69, 9.17) is 0 Å². The topological polar surface area (TPSA) is 181 Å².